The van der Waals surface area contributed by atoms with Crippen LogP contribution in [0.4, 0.5) is 0 Å². The van der Waals surface area contributed by atoms with Crippen molar-refractivity contribution in [3.8, 4) is 0 Å². The molecule has 1 aromatic rings. The highest BCUT2D eigenvalue weighted by Gasteiger charge is 2.18. The molecule has 0 fully saturated rings. The van der Waals surface area contributed by atoms with Gasteiger partial charge in [-0.3, -0.25) is 9.63 Å². The van der Waals surface area contributed by atoms with Crippen LogP contribution in [0.3, 0.4) is 0 Å². The highest BCUT2D eigenvalue weighted by Crippen LogP contribution is 2.19. The van der Waals surface area contributed by atoms with Gasteiger partial charge in [-0.1, -0.05) is 36.7 Å². The molecule has 0 radical (unpaired) electrons. The third-order valence-corrected chi connectivity index (χ3v) is 2.86. The number of carbonyl (C=O) groups excluding carboxylic acids is 1. The zero-order chi connectivity index (χ0) is 12.1. The quantitative estimate of drug-likeness (QED) is 0.759. The van der Waals surface area contributed by atoms with Gasteiger partial charge >= 0.3 is 0 Å². The summed E-state index contributed by atoms with van der Waals surface area (Å²) in [5.41, 5.74) is 0.981. The van der Waals surface area contributed by atoms with Gasteiger partial charge in [-0.25, -0.2) is 5.06 Å². The molecule has 1 rings (SSSR count). The zero-order valence-corrected chi connectivity index (χ0v) is 10.5. The van der Waals surface area contributed by atoms with Crippen molar-refractivity contribution in [3.05, 3.63) is 34.9 Å². The molecule has 3 nitrogen and oxygen atoms in total. The van der Waals surface area contributed by atoms with E-state index >= 15 is 0 Å². The topological polar surface area (TPSA) is 29.5 Å². The van der Waals surface area contributed by atoms with Crippen molar-refractivity contribution >= 4 is 17.5 Å². The van der Waals surface area contributed by atoms with Gasteiger partial charge in [0.2, 0.25) is 5.91 Å². The fourth-order valence-electron chi connectivity index (χ4n) is 1.48. The van der Waals surface area contributed by atoms with Crippen molar-refractivity contribution in [1.82, 2.24) is 5.06 Å². The van der Waals surface area contributed by atoms with E-state index in [-0.39, 0.29) is 11.8 Å². The summed E-state index contributed by atoms with van der Waals surface area (Å²) in [6.07, 6.45) is 0.617. The molecule has 1 atom stereocenters. The number of nitrogens with zero attached hydrogens (tertiary/aromatic N) is 1. The minimum Gasteiger partial charge on any atom is -0.275 e. The van der Waals surface area contributed by atoms with E-state index in [0.29, 0.717) is 11.4 Å². The van der Waals surface area contributed by atoms with Gasteiger partial charge in [0, 0.05) is 18.0 Å². The molecule has 0 saturated carbocycles. The van der Waals surface area contributed by atoms with Gasteiger partial charge in [0.05, 0.1) is 7.11 Å². The van der Waals surface area contributed by atoms with E-state index in [1.54, 1.807) is 7.05 Å². The van der Waals surface area contributed by atoms with Crippen LogP contribution < -0.4 is 0 Å². The van der Waals surface area contributed by atoms with Crippen molar-refractivity contribution in [2.75, 3.05) is 14.2 Å². The second kappa shape index (κ2) is 5.87. The van der Waals surface area contributed by atoms with Crippen LogP contribution in [0.25, 0.3) is 0 Å². The first-order valence-electron chi connectivity index (χ1n) is 5.11. The van der Waals surface area contributed by atoms with Gasteiger partial charge < -0.3 is 0 Å². The normalized spacial score (nSPS) is 12.2. The van der Waals surface area contributed by atoms with Crippen LogP contribution in [0.1, 0.15) is 12.5 Å². The number of benzene rings is 1. The van der Waals surface area contributed by atoms with Gasteiger partial charge in [-0.2, -0.15) is 0 Å². The maximum Gasteiger partial charge on any atom is 0.248 e. The Hall–Kier alpha value is -1.06. The SMILES string of the molecule is CON(C)C(=O)[C@H](C)Cc1ccccc1Cl. The fourth-order valence-corrected chi connectivity index (χ4v) is 1.69. The van der Waals surface area contributed by atoms with Gasteiger partial charge in [-0.05, 0) is 18.1 Å². The molecule has 0 aliphatic heterocycles. The van der Waals surface area contributed by atoms with Crippen LogP contribution in [0, 0.1) is 5.92 Å². The molecule has 0 aliphatic carbocycles. The molecule has 0 spiro atoms. The summed E-state index contributed by atoms with van der Waals surface area (Å²) in [4.78, 5) is 16.6. The number of hydrogen-bond acceptors (Lipinski definition) is 2. The van der Waals surface area contributed by atoms with E-state index in [9.17, 15) is 4.79 Å². The standard InChI is InChI=1S/C12H16ClNO2/c1-9(12(15)14(2)16-3)8-10-6-4-5-7-11(10)13/h4-7,9H,8H2,1-3H3/t9-/m1/s1. The molecule has 0 bridgehead atoms. The lowest BCUT2D eigenvalue weighted by molar-refractivity contribution is -0.172. The molecule has 0 unspecified atom stereocenters. The number of hydrogen-bond donors (Lipinski definition) is 0. The van der Waals surface area contributed by atoms with Crippen LogP contribution in [0.15, 0.2) is 24.3 Å². The first-order valence-corrected chi connectivity index (χ1v) is 5.49. The maximum absolute atomic E-state index is 11.7. The average molecular weight is 242 g/mol. The van der Waals surface area contributed by atoms with E-state index < -0.39 is 0 Å². The zero-order valence-electron chi connectivity index (χ0n) is 9.74. The van der Waals surface area contributed by atoms with Gasteiger partial charge in [0.1, 0.15) is 0 Å². The third kappa shape index (κ3) is 3.22. The first-order chi connectivity index (χ1) is 7.56. The van der Waals surface area contributed by atoms with E-state index in [0.717, 1.165) is 5.56 Å². The van der Waals surface area contributed by atoms with Gasteiger partial charge in [0.25, 0.3) is 0 Å². The molecule has 0 saturated heterocycles. The van der Waals surface area contributed by atoms with Crippen molar-refractivity contribution < 1.29 is 9.63 Å². The highest BCUT2D eigenvalue weighted by atomic mass is 35.5. The minimum absolute atomic E-state index is 0.0533. The Morgan fingerprint density at radius 3 is 2.69 bits per heavy atom. The molecule has 0 aliphatic rings. The number of amides is 1. The average Bonchev–Trinajstić information content (AvgIpc) is 2.30. The Morgan fingerprint density at radius 2 is 2.12 bits per heavy atom. The fraction of sp³-hybridized carbons (Fsp3) is 0.417. The number of rotatable bonds is 4. The molecule has 1 amide bonds. The Balaban J connectivity index is 2.68. The Bertz CT molecular complexity index is 368. The predicted molar refractivity (Wildman–Crippen MR) is 64.1 cm³/mol. The van der Waals surface area contributed by atoms with Crippen LogP contribution >= 0.6 is 11.6 Å². The summed E-state index contributed by atoms with van der Waals surface area (Å²) in [7, 11) is 3.07. The second-order valence-electron chi connectivity index (χ2n) is 3.71. The maximum atomic E-state index is 11.7. The summed E-state index contributed by atoms with van der Waals surface area (Å²) in [6, 6.07) is 7.55. The van der Waals surface area contributed by atoms with Gasteiger partial charge in [-0.15, -0.1) is 0 Å². The second-order valence-corrected chi connectivity index (χ2v) is 4.12. The number of halogens is 1. The molecule has 16 heavy (non-hydrogen) atoms. The summed E-state index contributed by atoms with van der Waals surface area (Å²) < 4.78 is 0. The Labute approximate surface area is 101 Å². The lowest BCUT2D eigenvalue weighted by Crippen LogP contribution is -2.31. The number of carbonyl (C=O) groups is 1. The van der Waals surface area contributed by atoms with E-state index in [1.807, 2.05) is 31.2 Å². The lowest BCUT2D eigenvalue weighted by Gasteiger charge is -2.19. The van der Waals surface area contributed by atoms with Crippen LogP contribution in [0.5, 0.6) is 0 Å². The van der Waals surface area contributed by atoms with E-state index in [1.165, 1.54) is 12.2 Å². The van der Waals surface area contributed by atoms with Crippen molar-refractivity contribution in [3.63, 3.8) is 0 Å². The molecule has 4 heteroatoms. The summed E-state index contributed by atoms with van der Waals surface area (Å²) in [5.74, 6) is -0.202. The lowest BCUT2D eigenvalue weighted by atomic mass is 10.0. The molecular formula is C12H16ClNO2. The van der Waals surface area contributed by atoms with Crippen molar-refractivity contribution in [2.45, 2.75) is 13.3 Å². The third-order valence-electron chi connectivity index (χ3n) is 2.49. The molecule has 1 aromatic carbocycles. The van der Waals surface area contributed by atoms with E-state index in [2.05, 4.69) is 0 Å². The highest BCUT2D eigenvalue weighted by molar-refractivity contribution is 6.31. The van der Waals surface area contributed by atoms with Crippen molar-refractivity contribution in [2.24, 2.45) is 5.92 Å². The smallest absolute Gasteiger partial charge is 0.248 e. The summed E-state index contributed by atoms with van der Waals surface area (Å²) in [5, 5.41) is 1.93. The molecular weight excluding hydrogens is 226 g/mol. The van der Waals surface area contributed by atoms with Crippen LogP contribution in [0.2, 0.25) is 5.02 Å². The van der Waals surface area contributed by atoms with Crippen molar-refractivity contribution in [1.29, 1.82) is 0 Å². The molecule has 0 N–H and O–H groups in total. The summed E-state index contributed by atoms with van der Waals surface area (Å²) >= 11 is 6.03. The Kier molecular flexibility index (Phi) is 4.77. The first kappa shape index (κ1) is 13.0. The predicted octanol–water partition coefficient (Wildman–Crippen LogP) is 2.54. The Morgan fingerprint density at radius 1 is 1.50 bits per heavy atom. The van der Waals surface area contributed by atoms with Crippen LogP contribution in [-0.2, 0) is 16.1 Å². The summed E-state index contributed by atoms with van der Waals surface area (Å²) in [6.45, 7) is 1.86. The largest absolute Gasteiger partial charge is 0.275 e. The minimum atomic E-state index is -0.148. The van der Waals surface area contributed by atoms with E-state index in [4.69, 9.17) is 16.4 Å². The monoisotopic (exact) mass is 241 g/mol. The van der Waals surface area contributed by atoms with Crippen LogP contribution in [-0.4, -0.2) is 25.1 Å². The molecule has 0 heterocycles. The number of hydroxylamine groups is 2. The molecule has 88 valence electrons. The van der Waals surface area contributed by atoms with Gasteiger partial charge in [0.15, 0.2) is 0 Å². The molecule has 0 aromatic heterocycles.